The molecule has 5 saturated carbocycles. The molecule has 0 radical (unpaired) electrons. The zero-order valence-electron chi connectivity index (χ0n) is 10.1. The molecule has 9 unspecified atom stereocenters. The smallest absolute Gasteiger partial charge is 0.0602 e. The van der Waals surface area contributed by atoms with E-state index in [0.717, 1.165) is 23.7 Å². The van der Waals surface area contributed by atoms with Crippen molar-refractivity contribution >= 4 is 0 Å². The Balaban J connectivity index is 1.51. The number of hydrogen-bond acceptors (Lipinski definition) is 1. The van der Waals surface area contributed by atoms with Gasteiger partial charge in [0, 0.05) is 7.11 Å². The van der Waals surface area contributed by atoms with Crippen molar-refractivity contribution in [1.29, 1.82) is 0 Å². The molecule has 0 bridgehead atoms. The number of fused-ring (bicyclic) bond motifs is 2. The average molecular weight is 218 g/mol. The van der Waals surface area contributed by atoms with Gasteiger partial charge in [-0.05, 0) is 79.4 Å². The molecular weight excluding hydrogens is 196 g/mol. The van der Waals surface area contributed by atoms with E-state index in [2.05, 4.69) is 0 Å². The Morgan fingerprint density at radius 2 is 1.31 bits per heavy atom. The van der Waals surface area contributed by atoms with Crippen LogP contribution in [0.15, 0.2) is 0 Å². The zero-order chi connectivity index (χ0) is 10.4. The fraction of sp³-hybridized carbons (Fsp3) is 1.00. The van der Waals surface area contributed by atoms with Crippen molar-refractivity contribution in [3.8, 4) is 0 Å². The molecule has 0 aliphatic heterocycles. The van der Waals surface area contributed by atoms with Crippen LogP contribution >= 0.6 is 0 Å². The van der Waals surface area contributed by atoms with Crippen LogP contribution in [-0.2, 0) is 4.74 Å². The van der Waals surface area contributed by atoms with Crippen LogP contribution in [-0.4, -0.2) is 13.2 Å². The van der Waals surface area contributed by atoms with E-state index >= 15 is 0 Å². The van der Waals surface area contributed by atoms with Crippen LogP contribution in [0.4, 0.5) is 0 Å². The molecule has 0 heterocycles. The zero-order valence-corrected chi connectivity index (χ0v) is 10.1. The Bertz CT molecular complexity index is 338. The van der Waals surface area contributed by atoms with Gasteiger partial charge in [0.15, 0.2) is 0 Å². The van der Waals surface area contributed by atoms with Crippen molar-refractivity contribution in [2.24, 2.45) is 47.3 Å². The summed E-state index contributed by atoms with van der Waals surface area (Å²) in [4.78, 5) is 0. The van der Waals surface area contributed by atoms with Crippen LogP contribution in [0.3, 0.4) is 0 Å². The molecule has 5 rings (SSSR count). The van der Waals surface area contributed by atoms with Crippen molar-refractivity contribution in [3.63, 3.8) is 0 Å². The summed E-state index contributed by atoms with van der Waals surface area (Å²) >= 11 is 0. The quantitative estimate of drug-likeness (QED) is 0.657. The summed E-state index contributed by atoms with van der Waals surface area (Å²) in [5.74, 6) is 9.07. The van der Waals surface area contributed by atoms with Gasteiger partial charge in [0.05, 0.1) is 6.10 Å². The normalized spacial score (nSPS) is 69.2. The van der Waals surface area contributed by atoms with Gasteiger partial charge in [0.1, 0.15) is 0 Å². The molecule has 0 amide bonds. The first kappa shape index (κ1) is 8.97. The van der Waals surface area contributed by atoms with Crippen molar-refractivity contribution < 1.29 is 4.74 Å². The molecular formula is C15H22O. The molecule has 5 aliphatic carbocycles. The summed E-state index contributed by atoms with van der Waals surface area (Å²) in [6.07, 6.45) is 8.19. The third-order valence-corrected chi connectivity index (χ3v) is 7.26. The van der Waals surface area contributed by atoms with E-state index in [9.17, 15) is 0 Å². The highest BCUT2D eigenvalue weighted by Gasteiger charge is 2.72. The highest BCUT2D eigenvalue weighted by molar-refractivity contribution is 5.20. The molecule has 0 spiro atoms. The highest BCUT2D eigenvalue weighted by atomic mass is 16.5. The Kier molecular flexibility index (Phi) is 1.50. The van der Waals surface area contributed by atoms with Gasteiger partial charge in [-0.15, -0.1) is 0 Å². The third kappa shape index (κ3) is 0.805. The predicted octanol–water partition coefficient (Wildman–Crippen LogP) is 2.95. The van der Waals surface area contributed by atoms with E-state index in [1.54, 1.807) is 12.8 Å². The van der Waals surface area contributed by atoms with E-state index in [-0.39, 0.29) is 0 Å². The molecule has 16 heavy (non-hydrogen) atoms. The maximum Gasteiger partial charge on any atom is 0.0602 e. The van der Waals surface area contributed by atoms with Crippen LogP contribution in [0, 0.1) is 47.3 Å². The van der Waals surface area contributed by atoms with Crippen molar-refractivity contribution in [1.82, 2.24) is 0 Å². The summed E-state index contributed by atoms with van der Waals surface area (Å²) in [5, 5.41) is 0. The van der Waals surface area contributed by atoms with Crippen LogP contribution in [0.1, 0.15) is 32.1 Å². The average Bonchev–Trinajstić information content (AvgIpc) is 2.95. The lowest BCUT2D eigenvalue weighted by Crippen LogP contribution is -2.63. The summed E-state index contributed by atoms with van der Waals surface area (Å²) < 4.78 is 5.79. The summed E-state index contributed by atoms with van der Waals surface area (Å²) in [6.45, 7) is 0. The first-order valence-corrected chi connectivity index (χ1v) is 7.43. The van der Waals surface area contributed by atoms with Gasteiger partial charge >= 0.3 is 0 Å². The van der Waals surface area contributed by atoms with Gasteiger partial charge in [-0.3, -0.25) is 0 Å². The van der Waals surface area contributed by atoms with Crippen LogP contribution in [0.25, 0.3) is 0 Å². The molecule has 5 aliphatic rings. The standard InChI is InChI=1S/C15H22O/c1-16-12-5-4-8-7-2-3-9-10-6-11(12)14(10)15(9)13(7)8/h7-15H,2-6H2,1H3. The Hall–Kier alpha value is -0.0400. The highest BCUT2D eigenvalue weighted by Crippen LogP contribution is 2.77. The lowest BCUT2D eigenvalue weighted by atomic mass is 9.38. The van der Waals surface area contributed by atoms with E-state index in [0.29, 0.717) is 6.10 Å². The SMILES string of the molecule is COC1CCC2C3CCC4C5CC1C5C4C23. The number of hydrogen-bond donors (Lipinski definition) is 0. The van der Waals surface area contributed by atoms with Crippen molar-refractivity contribution in [3.05, 3.63) is 0 Å². The molecule has 0 aromatic rings. The number of rotatable bonds is 1. The third-order valence-electron chi connectivity index (χ3n) is 7.26. The van der Waals surface area contributed by atoms with E-state index in [4.69, 9.17) is 4.74 Å². The van der Waals surface area contributed by atoms with Gasteiger partial charge in [0.2, 0.25) is 0 Å². The second-order valence-electron chi connectivity index (χ2n) is 7.22. The van der Waals surface area contributed by atoms with Crippen LogP contribution < -0.4 is 0 Å². The van der Waals surface area contributed by atoms with E-state index in [1.165, 1.54) is 42.9 Å². The van der Waals surface area contributed by atoms with Gasteiger partial charge in [-0.2, -0.15) is 0 Å². The summed E-state index contributed by atoms with van der Waals surface area (Å²) in [5.41, 5.74) is 0. The molecule has 9 atom stereocenters. The van der Waals surface area contributed by atoms with E-state index in [1.807, 2.05) is 7.11 Å². The Labute approximate surface area is 97.9 Å². The maximum atomic E-state index is 5.79. The minimum absolute atomic E-state index is 0.630. The van der Waals surface area contributed by atoms with Crippen molar-refractivity contribution in [2.75, 3.05) is 7.11 Å². The number of ether oxygens (including phenoxy) is 1. The number of methoxy groups -OCH3 is 1. The minimum atomic E-state index is 0.630. The largest absolute Gasteiger partial charge is 0.381 e. The first-order chi connectivity index (χ1) is 7.90. The molecule has 0 N–H and O–H groups in total. The van der Waals surface area contributed by atoms with Gasteiger partial charge < -0.3 is 4.74 Å². The molecule has 1 nitrogen and oxygen atoms in total. The molecule has 1 heteroatoms. The predicted molar refractivity (Wildman–Crippen MR) is 61.8 cm³/mol. The maximum absolute atomic E-state index is 5.79. The second kappa shape index (κ2) is 2.68. The van der Waals surface area contributed by atoms with Gasteiger partial charge in [-0.1, -0.05) is 0 Å². The molecule has 88 valence electrons. The van der Waals surface area contributed by atoms with Crippen molar-refractivity contribution in [2.45, 2.75) is 38.2 Å². The lowest BCUT2D eigenvalue weighted by molar-refractivity contribution is -0.213. The topological polar surface area (TPSA) is 9.23 Å². The van der Waals surface area contributed by atoms with E-state index < -0.39 is 0 Å². The molecule has 0 aromatic heterocycles. The minimum Gasteiger partial charge on any atom is -0.381 e. The lowest BCUT2D eigenvalue weighted by Gasteiger charge is -2.67. The van der Waals surface area contributed by atoms with Crippen LogP contribution in [0.5, 0.6) is 0 Å². The Morgan fingerprint density at radius 1 is 0.688 bits per heavy atom. The summed E-state index contributed by atoms with van der Waals surface area (Å²) in [7, 11) is 1.95. The summed E-state index contributed by atoms with van der Waals surface area (Å²) in [6, 6.07) is 0. The first-order valence-electron chi connectivity index (χ1n) is 7.43. The molecule has 0 aromatic carbocycles. The van der Waals surface area contributed by atoms with Gasteiger partial charge in [-0.25, -0.2) is 0 Å². The van der Waals surface area contributed by atoms with Crippen LogP contribution in [0.2, 0.25) is 0 Å². The van der Waals surface area contributed by atoms with Gasteiger partial charge in [0.25, 0.3) is 0 Å². The fourth-order valence-electron chi connectivity index (χ4n) is 6.66. The fourth-order valence-corrected chi connectivity index (χ4v) is 6.66. The molecule has 0 saturated heterocycles. The second-order valence-corrected chi connectivity index (χ2v) is 7.22. The monoisotopic (exact) mass is 218 g/mol. The molecule has 5 fully saturated rings. The Morgan fingerprint density at radius 3 is 2.06 bits per heavy atom.